The first-order valence-electron chi connectivity index (χ1n) is 5.35. The van der Waals surface area contributed by atoms with Crippen LogP contribution in [-0.2, 0) is 5.75 Å². The maximum atomic E-state index is 4.68. The maximum Gasteiger partial charge on any atom is 0.0752 e. The van der Waals surface area contributed by atoms with Crippen LogP contribution in [0.5, 0.6) is 0 Å². The van der Waals surface area contributed by atoms with E-state index in [1.54, 1.807) is 0 Å². The molecule has 0 radical (unpaired) electrons. The minimum Gasteiger partial charge on any atom is -0.269 e. The third-order valence-electron chi connectivity index (χ3n) is 3.00. The first-order chi connectivity index (χ1) is 6.81. The summed E-state index contributed by atoms with van der Waals surface area (Å²) in [6, 6.07) is 0.685. The monoisotopic (exact) mass is 210 g/mol. The van der Waals surface area contributed by atoms with Crippen LogP contribution >= 0.6 is 11.8 Å². The summed E-state index contributed by atoms with van der Waals surface area (Å²) in [6.07, 6.45) is 9.75. The minimum atomic E-state index is 0.685. The number of thioether (sulfide) groups is 1. The van der Waals surface area contributed by atoms with Crippen LogP contribution in [0.25, 0.3) is 0 Å². The molecule has 14 heavy (non-hydrogen) atoms. The molecule has 1 heterocycles. The fraction of sp³-hybridized carbons (Fsp3) is 0.727. The lowest BCUT2D eigenvalue weighted by Crippen LogP contribution is -2.05. The van der Waals surface area contributed by atoms with E-state index < -0.39 is 0 Å². The van der Waals surface area contributed by atoms with Crippen molar-refractivity contribution in [3.8, 4) is 0 Å². The summed E-state index contributed by atoms with van der Waals surface area (Å²) in [5.41, 5.74) is 2.62. The second-order valence-electron chi connectivity index (χ2n) is 4.11. The van der Waals surface area contributed by atoms with Crippen molar-refractivity contribution in [3.63, 3.8) is 0 Å². The molecule has 0 saturated heterocycles. The molecule has 2 nitrogen and oxygen atoms in total. The zero-order valence-electron chi connectivity index (χ0n) is 8.99. The first kappa shape index (κ1) is 10.1. The van der Waals surface area contributed by atoms with Gasteiger partial charge in [0.05, 0.1) is 11.7 Å². The van der Waals surface area contributed by atoms with Crippen LogP contribution in [0.1, 0.15) is 43.0 Å². The summed E-state index contributed by atoms with van der Waals surface area (Å²) in [4.78, 5) is 0. The molecule has 0 atom stereocenters. The Labute approximate surface area is 90.1 Å². The molecule has 2 rings (SSSR count). The molecule has 1 aromatic heterocycles. The molecule has 3 heteroatoms. The van der Waals surface area contributed by atoms with Crippen LogP contribution in [0, 0.1) is 6.92 Å². The highest BCUT2D eigenvalue weighted by Gasteiger charge is 2.18. The summed E-state index contributed by atoms with van der Waals surface area (Å²) >= 11 is 1.85. The van der Waals surface area contributed by atoms with Gasteiger partial charge in [-0.15, -0.1) is 0 Å². The molecule has 1 fully saturated rings. The number of hydrogen-bond acceptors (Lipinski definition) is 2. The molecule has 0 aliphatic heterocycles. The molecule has 1 aliphatic carbocycles. The molecule has 0 unspecified atom stereocenters. The molecule has 0 aromatic carbocycles. The van der Waals surface area contributed by atoms with Gasteiger partial charge in [0.15, 0.2) is 0 Å². The Morgan fingerprint density at radius 2 is 2.21 bits per heavy atom. The summed E-state index contributed by atoms with van der Waals surface area (Å²) in [5, 5.41) is 4.68. The molecule has 1 saturated carbocycles. The first-order valence-corrected chi connectivity index (χ1v) is 6.74. The zero-order chi connectivity index (χ0) is 9.97. The quantitative estimate of drug-likeness (QED) is 0.762. The van der Waals surface area contributed by atoms with Crippen molar-refractivity contribution < 1.29 is 0 Å². The second kappa shape index (κ2) is 4.39. The van der Waals surface area contributed by atoms with Crippen LogP contribution in [0.2, 0.25) is 0 Å². The van der Waals surface area contributed by atoms with Gasteiger partial charge in [0.25, 0.3) is 0 Å². The van der Waals surface area contributed by atoms with Crippen LogP contribution in [0.15, 0.2) is 6.20 Å². The van der Waals surface area contributed by atoms with E-state index in [1.165, 1.54) is 36.9 Å². The van der Waals surface area contributed by atoms with Crippen LogP contribution < -0.4 is 0 Å². The Balaban J connectivity index is 2.14. The van der Waals surface area contributed by atoms with Crippen LogP contribution in [0.3, 0.4) is 0 Å². The predicted octanol–water partition coefficient (Wildman–Crippen LogP) is 3.17. The van der Waals surface area contributed by atoms with Gasteiger partial charge in [0.2, 0.25) is 0 Å². The Hall–Kier alpha value is -0.440. The smallest absolute Gasteiger partial charge is 0.0752 e. The number of aromatic nitrogens is 2. The SMILES string of the molecule is CSCc1nn(C2CCCC2)cc1C. The number of hydrogen-bond donors (Lipinski definition) is 0. The summed E-state index contributed by atoms with van der Waals surface area (Å²) in [7, 11) is 0. The predicted molar refractivity (Wildman–Crippen MR) is 61.7 cm³/mol. The maximum absolute atomic E-state index is 4.68. The molecule has 78 valence electrons. The molecular weight excluding hydrogens is 192 g/mol. The number of aryl methyl sites for hydroxylation is 1. The van der Waals surface area contributed by atoms with Crippen molar-refractivity contribution in [3.05, 3.63) is 17.5 Å². The Morgan fingerprint density at radius 1 is 1.50 bits per heavy atom. The van der Waals surface area contributed by atoms with Crippen molar-refractivity contribution >= 4 is 11.8 Å². The van der Waals surface area contributed by atoms with Gasteiger partial charge in [0, 0.05) is 11.9 Å². The minimum absolute atomic E-state index is 0.685. The molecular formula is C11H18N2S. The topological polar surface area (TPSA) is 17.8 Å². The van der Waals surface area contributed by atoms with E-state index in [0.29, 0.717) is 6.04 Å². The molecule has 1 aliphatic rings. The largest absolute Gasteiger partial charge is 0.269 e. The van der Waals surface area contributed by atoms with E-state index in [-0.39, 0.29) is 0 Å². The van der Waals surface area contributed by atoms with Gasteiger partial charge in [-0.1, -0.05) is 12.8 Å². The van der Waals surface area contributed by atoms with Gasteiger partial charge in [-0.2, -0.15) is 16.9 Å². The highest BCUT2D eigenvalue weighted by Crippen LogP contribution is 2.29. The summed E-state index contributed by atoms with van der Waals surface area (Å²) in [6.45, 7) is 2.17. The highest BCUT2D eigenvalue weighted by atomic mass is 32.2. The van der Waals surface area contributed by atoms with Gasteiger partial charge < -0.3 is 0 Å². The van der Waals surface area contributed by atoms with E-state index in [2.05, 4.69) is 29.2 Å². The molecule has 0 bridgehead atoms. The fourth-order valence-corrected chi connectivity index (χ4v) is 2.71. The van der Waals surface area contributed by atoms with Gasteiger partial charge in [-0.05, 0) is 31.6 Å². The van der Waals surface area contributed by atoms with E-state index in [1.807, 2.05) is 11.8 Å². The van der Waals surface area contributed by atoms with Crippen LogP contribution in [-0.4, -0.2) is 16.0 Å². The Morgan fingerprint density at radius 3 is 2.86 bits per heavy atom. The average Bonchev–Trinajstić information content (AvgIpc) is 2.76. The Kier molecular flexibility index (Phi) is 3.16. The van der Waals surface area contributed by atoms with Crippen molar-refractivity contribution in [2.45, 2.75) is 44.4 Å². The molecule has 1 aromatic rings. The number of nitrogens with zero attached hydrogens (tertiary/aromatic N) is 2. The van der Waals surface area contributed by atoms with Crippen molar-refractivity contribution in [2.75, 3.05) is 6.26 Å². The molecule has 0 N–H and O–H groups in total. The molecule has 0 amide bonds. The van der Waals surface area contributed by atoms with Crippen molar-refractivity contribution in [1.82, 2.24) is 9.78 Å². The summed E-state index contributed by atoms with van der Waals surface area (Å²) in [5.74, 6) is 1.05. The third-order valence-corrected chi connectivity index (χ3v) is 3.56. The van der Waals surface area contributed by atoms with Gasteiger partial charge in [0.1, 0.15) is 0 Å². The van der Waals surface area contributed by atoms with E-state index in [4.69, 9.17) is 0 Å². The third kappa shape index (κ3) is 1.97. The number of rotatable bonds is 3. The average molecular weight is 210 g/mol. The zero-order valence-corrected chi connectivity index (χ0v) is 9.81. The van der Waals surface area contributed by atoms with Crippen molar-refractivity contribution in [1.29, 1.82) is 0 Å². The van der Waals surface area contributed by atoms with Crippen molar-refractivity contribution in [2.24, 2.45) is 0 Å². The lowest BCUT2D eigenvalue weighted by atomic mass is 10.2. The molecule has 0 spiro atoms. The van der Waals surface area contributed by atoms with Gasteiger partial charge >= 0.3 is 0 Å². The van der Waals surface area contributed by atoms with E-state index in [0.717, 1.165) is 5.75 Å². The lowest BCUT2D eigenvalue weighted by Gasteiger charge is -2.08. The lowest BCUT2D eigenvalue weighted by molar-refractivity contribution is 0.464. The van der Waals surface area contributed by atoms with Crippen LogP contribution in [0.4, 0.5) is 0 Å². The van der Waals surface area contributed by atoms with Gasteiger partial charge in [-0.3, -0.25) is 4.68 Å². The normalized spacial score (nSPS) is 17.9. The standard InChI is InChI=1S/C11H18N2S/c1-9-7-13(10-5-3-4-6-10)12-11(9)8-14-2/h7,10H,3-6,8H2,1-2H3. The van der Waals surface area contributed by atoms with E-state index in [9.17, 15) is 0 Å². The fourth-order valence-electron chi connectivity index (χ4n) is 2.16. The Bertz CT molecular complexity index is 300. The van der Waals surface area contributed by atoms with Gasteiger partial charge in [-0.25, -0.2) is 0 Å². The summed E-state index contributed by atoms with van der Waals surface area (Å²) < 4.78 is 2.20. The highest BCUT2D eigenvalue weighted by molar-refractivity contribution is 7.97. The van der Waals surface area contributed by atoms with E-state index >= 15 is 0 Å². The second-order valence-corrected chi connectivity index (χ2v) is 4.98.